The van der Waals surface area contributed by atoms with Crippen LogP contribution < -0.4 is 5.43 Å². The molecule has 0 amide bonds. The molecule has 92 valence electrons. The Bertz CT molecular complexity index is 677. The second kappa shape index (κ2) is 4.74. The van der Waals surface area contributed by atoms with Gasteiger partial charge in [-0.1, -0.05) is 17.7 Å². The Morgan fingerprint density at radius 3 is 2.67 bits per heavy atom. The van der Waals surface area contributed by atoms with Crippen molar-refractivity contribution >= 4 is 17.9 Å². The van der Waals surface area contributed by atoms with Crippen molar-refractivity contribution in [1.29, 1.82) is 0 Å². The van der Waals surface area contributed by atoms with Crippen LogP contribution in [0.3, 0.4) is 0 Å². The Morgan fingerprint density at radius 2 is 2.00 bits per heavy atom. The summed E-state index contributed by atoms with van der Waals surface area (Å²) in [7, 11) is 0. The number of nitrogens with zero attached hydrogens (tertiary/aromatic N) is 2. The molecular formula is C13H11ClN2O2. The zero-order chi connectivity index (χ0) is 13.3. The minimum absolute atomic E-state index is 0.111. The number of rotatable bonds is 2. The van der Waals surface area contributed by atoms with Crippen molar-refractivity contribution in [2.75, 3.05) is 0 Å². The van der Waals surface area contributed by atoms with Crippen LogP contribution in [0.15, 0.2) is 29.1 Å². The van der Waals surface area contributed by atoms with E-state index in [2.05, 4.69) is 5.10 Å². The van der Waals surface area contributed by atoms with E-state index in [-0.39, 0.29) is 11.1 Å². The average Bonchev–Trinajstić information content (AvgIpc) is 2.33. The summed E-state index contributed by atoms with van der Waals surface area (Å²) in [5, 5.41) is 4.61. The van der Waals surface area contributed by atoms with Gasteiger partial charge in [0.05, 0.1) is 5.69 Å². The van der Waals surface area contributed by atoms with E-state index in [1.165, 1.54) is 6.07 Å². The van der Waals surface area contributed by atoms with E-state index in [1.54, 1.807) is 23.7 Å². The van der Waals surface area contributed by atoms with E-state index >= 15 is 0 Å². The zero-order valence-electron chi connectivity index (χ0n) is 9.98. The molecule has 0 radical (unpaired) electrons. The highest BCUT2D eigenvalue weighted by Crippen LogP contribution is 2.19. The summed E-state index contributed by atoms with van der Waals surface area (Å²) in [6.45, 7) is 3.66. The number of aryl methyl sites for hydroxylation is 2. The van der Waals surface area contributed by atoms with E-state index in [0.29, 0.717) is 17.0 Å². The Morgan fingerprint density at radius 1 is 1.28 bits per heavy atom. The summed E-state index contributed by atoms with van der Waals surface area (Å²) in [5.74, 6) is 0. The molecule has 4 nitrogen and oxygen atoms in total. The van der Waals surface area contributed by atoms with Gasteiger partial charge >= 0.3 is 0 Å². The molecule has 0 N–H and O–H groups in total. The van der Waals surface area contributed by atoms with Crippen LogP contribution >= 0.6 is 11.6 Å². The molecule has 0 spiro atoms. The van der Waals surface area contributed by atoms with Crippen molar-refractivity contribution < 1.29 is 4.79 Å². The van der Waals surface area contributed by atoms with Crippen molar-refractivity contribution in [2.45, 2.75) is 13.8 Å². The summed E-state index contributed by atoms with van der Waals surface area (Å²) < 4.78 is 1.55. The molecule has 18 heavy (non-hydrogen) atoms. The number of hydrogen-bond acceptors (Lipinski definition) is 3. The highest BCUT2D eigenvalue weighted by molar-refractivity contribution is 6.30. The molecule has 1 aromatic carbocycles. The van der Waals surface area contributed by atoms with E-state index in [9.17, 15) is 9.59 Å². The van der Waals surface area contributed by atoms with Gasteiger partial charge < -0.3 is 0 Å². The quantitative estimate of drug-likeness (QED) is 0.781. The third-order valence-electron chi connectivity index (χ3n) is 2.65. The van der Waals surface area contributed by atoms with Crippen LogP contribution in [0, 0.1) is 13.8 Å². The Balaban J connectivity index is 2.74. The number of benzene rings is 1. The number of carbonyl (C=O) groups is 1. The first-order chi connectivity index (χ1) is 8.52. The van der Waals surface area contributed by atoms with Crippen LogP contribution in [-0.2, 0) is 0 Å². The maximum Gasteiger partial charge on any atom is 0.211 e. The first kappa shape index (κ1) is 12.5. The van der Waals surface area contributed by atoms with Gasteiger partial charge in [-0.3, -0.25) is 9.59 Å². The van der Waals surface area contributed by atoms with Crippen LogP contribution in [0.1, 0.15) is 21.7 Å². The van der Waals surface area contributed by atoms with E-state index in [1.807, 2.05) is 13.0 Å². The third kappa shape index (κ3) is 2.19. The summed E-state index contributed by atoms with van der Waals surface area (Å²) in [6, 6.07) is 6.77. The molecule has 0 saturated heterocycles. The lowest BCUT2D eigenvalue weighted by molar-refractivity contribution is 0.111. The topological polar surface area (TPSA) is 52.0 Å². The fourth-order valence-electron chi connectivity index (χ4n) is 1.70. The first-order valence-corrected chi connectivity index (χ1v) is 5.73. The molecule has 2 rings (SSSR count). The smallest absolute Gasteiger partial charge is 0.211 e. The monoisotopic (exact) mass is 262 g/mol. The minimum atomic E-state index is -0.376. The number of halogens is 1. The number of aldehydes is 1. The molecule has 0 aliphatic heterocycles. The third-order valence-corrected chi connectivity index (χ3v) is 2.88. The average molecular weight is 263 g/mol. The van der Waals surface area contributed by atoms with Crippen LogP contribution in [0.2, 0.25) is 5.02 Å². The fourth-order valence-corrected chi connectivity index (χ4v) is 1.86. The zero-order valence-corrected chi connectivity index (χ0v) is 10.7. The second-order valence-electron chi connectivity index (χ2n) is 4.00. The van der Waals surface area contributed by atoms with Gasteiger partial charge in [0, 0.05) is 16.8 Å². The van der Waals surface area contributed by atoms with Gasteiger partial charge in [0.2, 0.25) is 5.43 Å². The second-order valence-corrected chi connectivity index (χ2v) is 4.43. The molecule has 1 aromatic heterocycles. The summed E-state index contributed by atoms with van der Waals surface area (Å²) in [4.78, 5) is 22.2. The molecule has 0 unspecified atom stereocenters. The Hall–Kier alpha value is -1.94. The minimum Gasteiger partial charge on any atom is -0.296 e. The van der Waals surface area contributed by atoms with E-state index in [4.69, 9.17) is 11.6 Å². The highest BCUT2D eigenvalue weighted by atomic mass is 35.5. The van der Waals surface area contributed by atoms with Crippen molar-refractivity contribution in [2.24, 2.45) is 0 Å². The van der Waals surface area contributed by atoms with Gasteiger partial charge in [0.15, 0.2) is 12.0 Å². The molecule has 0 saturated carbocycles. The summed E-state index contributed by atoms with van der Waals surface area (Å²) in [5.41, 5.74) is 1.87. The maximum absolute atomic E-state index is 11.5. The molecular weight excluding hydrogens is 252 g/mol. The van der Waals surface area contributed by atoms with E-state index in [0.717, 1.165) is 11.3 Å². The van der Waals surface area contributed by atoms with Gasteiger partial charge in [0.1, 0.15) is 0 Å². The fraction of sp³-hybridized carbons (Fsp3) is 0.154. The van der Waals surface area contributed by atoms with E-state index < -0.39 is 0 Å². The van der Waals surface area contributed by atoms with Gasteiger partial charge in [-0.15, -0.1) is 0 Å². The lowest BCUT2D eigenvalue weighted by atomic mass is 10.2. The van der Waals surface area contributed by atoms with Crippen molar-refractivity contribution in [3.8, 4) is 5.69 Å². The molecule has 0 fully saturated rings. The molecule has 0 atom stereocenters. The summed E-state index contributed by atoms with van der Waals surface area (Å²) in [6.07, 6.45) is 0.457. The van der Waals surface area contributed by atoms with Gasteiger partial charge in [0.25, 0.3) is 0 Å². The SMILES string of the molecule is Cc1ccc(Cl)cc1-n1nc(C=O)c(=O)cc1C. The number of carbonyl (C=O) groups excluding carboxylic acids is 1. The Labute approximate surface area is 109 Å². The lowest BCUT2D eigenvalue weighted by Crippen LogP contribution is -2.18. The molecule has 1 heterocycles. The number of hydrogen-bond donors (Lipinski definition) is 0. The largest absolute Gasteiger partial charge is 0.296 e. The standard InChI is InChI=1S/C13H11ClN2O2/c1-8-3-4-10(14)6-12(8)16-9(2)5-13(18)11(7-17)15-16/h3-7H,1-2H3. The molecule has 0 aliphatic rings. The van der Waals surface area contributed by atoms with Gasteiger partial charge in [-0.05, 0) is 31.5 Å². The highest BCUT2D eigenvalue weighted by Gasteiger charge is 2.09. The maximum atomic E-state index is 11.5. The van der Waals surface area contributed by atoms with Crippen molar-refractivity contribution in [3.63, 3.8) is 0 Å². The predicted octanol–water partition coefficient (Wildman–Crippen LogP) is 2.32. The first-order valence-electron chi connectivity index (χ1n) is 5.35. The van der Waals surface area contributed by atoms with Crippen molar-refractivity contribution in [1.82, 2.24) is 9.78 Å². The molecule has 5 heteroatoms. The molecule has 2 aromatic rings. The lowest BCUT2D eigenvalue weighted by Gasteiger charge is -2.12. The van der Waals surface area contributed by atoms with Crippen LogP contribution in [0.25, 0.3) is 5.69 Å². The van der Waals surface area contributed by atoms with Crippen LogP contribution in [0.5, 0.6) is 0 Å². The van der Waals surface area contributed by atoms with Crippen molar-refractivity contribution in [3.05, 3.63) is 56.5 Å². The molecule has 0 aliphatic carbocycles. The predicted molar refractivity (Wildman–Crippen MR) is 69.7 cm³/mol. The number of aromatic nitrogens is 2. The summed E-state index contributed by atoms with van der Waals surface area (Å²) >= 11 is 5.95. The van der Waals surface area contributed by atoms with Crippen LogP contribution in [-0.4, -0.2) is 16.1 Å². The van der Waals surface area contributed by atoms with Gasteiger partial charge in [-0.2, -0.15) is 5.10 Å². The van der Waals surface area contributed by atoms with Gasteiger partial charge in [-0.25, -0.2) is 4.68 Å². The Kier molecular flexibility index (Phi) is 3.30. The molecule has 0 bridgehead atoms. The van der Waals surface area contributed by atoms with Crippen LogP contribution in [0.4, 0.5) is 0 Å². The normalized spacial score (nSPS) is 10.4.